The molecule has 7 nitrogen and oxygen atoms in total. The predicted octanol–water partition coefficient (Wildman–Crippen LogP) is 0.643. The molecule has 0 amide bonds. The molecule has 0 bridgehead atoms. The molecule has 2 aromatic rings. The van der Waals surface area contributed by atoms with Gasteiger partial charge in [-0.2, -0.15) is 9.61 Å². The number of aromatic nitrogens is 4. The van der Waals surface area contributed by atoms with E-state index < -0.39 is 0 Å². The fourth-order valence-corrected chi connectivity index (χ4v) is 2.59. The number of methoxy groups -OCH3 is 1. The number of ether oxygens (including phenoxy) is 1. The number of fused-ring (bicyclic) bond motifs is 1. The first-order valence-electron chi connectivity index (χ1n) is 6.26. The third-order valence-corrected chi connectivity index (χ3v) is 4.06. The van der Waals surface area contributed by atoms with Crippen molar-refractivity contribution >= 4 is 11.5 Å². The van der Waals surface area contributed by atoms with Crippen LogP contribution in [0.15, 0.2) is 16.9 Å². The van der Waals surface area contributed by atoms with E-state index in [1.165, 1.54) is 4.52 Å². The second kappa shape index (κ2) is 4.06. The van der Waals surface area contributed by atoms with E-state index in [4.69, 9.17) is 4.74 Å². The van der Waals surface area contributed by atoms with E-state index in [9.17, 15) is 4.79 Å². The molecule has 2 heterocycles. The van der Waals surface area contributed by atoms with Gasteiger partial charge in [0.05, 0.1) is 6.10 Å². The van der Waals surface area contributed by atoms with Gasteiger partial charge < -0.3 is 10.1 Å². The molecule has 102 valence electrons. The zero-order chi connectivity index (χ0) is 13.6. The van der Waals surface area contributed by atoms with Crippen molar-refractivity contribution in [3.05, 3.63) is 22.6 Å². The lowest BCUT2D eigenvalue weighted by atomic mass is 9.64. The summed E-state index contributed by atoms with van der Waals surface area (Å²) in [6.45, 7) is 4.32. The summed E-state index contributed by atoms with van der Waals surface area (Å²) in [7, 11) is 1.73. The molecule has 2 atom stereocenters. The molecule has 0 spiro atoms. The summed E-state index contributed by atoms with van der Waals surface area (Å²) in [5.74, 6) is 0.670. The number of anilines is 1. The van der Waals surface area contributed by atoms with Gasteiger partial charge in [-0.15, -0.1) is 5.10 Å². The first-order chi connectivity index (χ1) is 9.02. The van der Waals surface area contributed by atoms with Gasteiger partial charge in [0.15, 0.2) is 5.65 Å². The smallest absolute Gasteiger partial charge is 0.364 e. The minimum atomic E-state index is -0.332. The minimum Gasteiger partial charge on any atom is -0.381 e. The number of hydrogen-bond acceptors (Lipinski definition) is 5. The average Bonchev–Trinajstić information content (AvgIpc) is 2.75. The molecular formula is C12H17N5O2. The van der Waals surface area contributed by atoms with Gasteiger partial charge in [0.1, 0.15) is 5.82 Å². The van der Waals surface area contributed by atoms with Crippen molar-refractivity contribution in [3.63, 3.8) is 0 Å². The molecular weight excluding hydrogens is 246 g/mol. The van der Waals surface area contributed by atoms with Crippen LogP contribution in [0, 0.1) is 5.41 Å². The Labute approximate surface area is 110 Å². The summed E-state index contributed by atoms with van der Waals surface area (Å²) in [5.41, 5.74) is 0.228. The van der Waals surface area contributed by atoms with E-state index in [0.29, 0.717) is 11.5 Å². The van der Waals surface area contributed by atoms with E-state index in [1.807, 2.05) is 6.07 Å². The third kappa shape index (κ3) is 1.81. The lowest BCUT2D eigenvalue weighted by Gasteiger charge is -2.51. The van der Waals surface area contributed by atoms with Crippen LogP contribution >= 0.6 is 0 Å². The summed E-state index contributed by atoms with van der Waals surface area (Å²) < 4.78 is 6.67. The van der Waals surface area contributed by atoms with Crippen LogP contribution in [0.5, 0.6) is 0 Å². The van der Waals surface area contributed by atoms with Crippen LogP contribution in [0.4, 0.5) is 5.82 Å². The topological polar surface area (TPSA) is 84.3 Å². The van der Waals surface area contributed by atoms with Gasteiger partial charge in [0.2, 0.25) is 0 Å². The maximum Gasteiger partial charge on any atom is 0.364 e. The Morgan fingerprint density at radius 1 is 1.53 bits per heavy atom. The molecule has 7 heteroatoms. The van der Waals surface area contributed by atoms with Crippen molar-refractivity contribution in [1.82, 2.24) is 19.8 Å². The van der Waals surface area contributed by atoms with Gasteiger partial charge in [-0.05, 0) is 18.6 Å². The number of H-pyrrole nitrogens is 1. The molecule has 1 saturated carbocycles. The third-order valence-electron chi connectivity index (χ3n) is 4.06. The van der Waals surface area contributed by atoms with Crippen LogP contribution in [0.3, 0.4) is 0 Å². The van der Waals surface area contributed by atoms with Gasteiger partial charge in [0.25, 0.3) is 0 Å². The average molecular weight is 263 g/mol. The second-order valence-electron chi connectivity index (χ2n) is 5.50. The van der Waals surface area contributed by atoms with Gasteiger partial charge >= 0.3 is 5.69 Å². The fourth-order valence-electron chi connectivity index (χ4n) is 2.59. The minimum absolute atomic E-state index is 0.0484. The van der Waals surface area contributed by atoms with Crippen LogP contribution < -0.4 is 11.0 Å². The van der Waals surface area contributed by atoms with Crippen LogP contribution in [0.2, 0.25) is 0 Å². The molecule has 0 radical (unpaired) electrons. The molecule has 19 heavy (non-hydrogen) atoms. The van der Waals surface area contributed by atoms with E-state index in [1.54, 1.807) is 13.2 Å². The zero-order valence-corrected chi connectivity index (χ0v) is 11.2. The maximum atomic E-state index is 11.5. The van der Waals surface area contributed by atoms with Crippen molar-refractivity contribution < 1.29 is 4.74 Å². The Kier molecular flexibility index (Phi) is 2.60. The van der Waals surface area contributed by atoms with Gasteiger partial charge in [-0.25, -0.2) is 9.89 Å². The lowest BCUT2D eigenvalue weighted by molar-refractivity contribution is -0.0795. The molecule has 1 aliphatic carbocycles. The van der Waals surface area contributed by atoms with Crippen molar-refractivity contribution in [1.29, 1.82) is 0 Å². The highest BCUT2D eigenvalue weighted by Gasteiger charge is 2.48. The van der Waals surface area contributed by atoms with E-state index in [2.05, 4.69) is 34.5 Å². The fraction of sp³-hybridized carbons (Fsp3) is 0.583. The lowest BCUT2D eigenvalue weighted by Crippen LogP contribution is -2.57. The Balaban J connectivity index is 1.83. The molecule has 0 aromatic carbocycles. The number of aromatic amines is 1. The Morgan fingerprint density at radius 2 is 2.32 bits per heavy atom. The standard InChI is InChI=1S/C12H17N5O2/c1-12(2)7(6-8(12)19-3)13-9-4-5-10-14-15-11(18)17(10)16-9/h4-5,7-8H,6H2,1-3H3,(H,13,16)(H,15,18). The second-order valence-corrected chi connectivity index (χ2v) is 5.50. The normalized spacial score (nSPS) is 25.2. The highest BCUT2D eigenvalue weighted by atomic mass is 16.5. The summed E-state index contributed by atoms with van der Waals surface area (Å²) in [5, 5.41) is 13.8. The summed E-state index contributed by atoms with van der Waals surface area (Å²) in [6, 6.07) is 3.86. The summed E-state index contributed by atoms with van der Waals surface area (Å²) in [6.07, 6.45) is 1.19. The monoisotopic (exact) mass is 263 g/mol. The number of nitrogens with one attached hydrogen (secondary N) is 2. The molecule has 1 fully saturated rings. The van der Waals surface area contributed by atoms with Crippen LogP contribution in [0.1, 0.15) is 20.3 Å². The van der Waals surface area contributed by atoms with E-state index in [0.717, 1.165) is 6.42 Å². The highest BCUT2D eigenvalue weighted by Crippen LogP contribution is 2.43. The molecule has 1 aliphatic rings. The van der Waals surface area contributed by atoms with E-state index >= 15 is 0 Å². The SMILES string of the molecule is COC1CC(Nc2ccc3n[nH]c(=O)n3n2)C1(C)C. The molecule has 2 N–H and O–H groups in total. The number of rotatable bonds is 3. The van der Waals surface area contributed by atoms with Crippen LogP contribution in [-0.2, 0) is 4.74 Å². The quantitative estimate of drug-likeness (QED) is 0.849. The molecule has 0 aliphatic heterocycles. The van der Waals surface area contributed by atoms with Crippen LogP contribution in [0.25, 0.3) is 5.65 Å². The van der Waals surface area contributed by atoms with E-state index in [-0.39, 0.29) is 23.3 Å². The number of hydrogen-bond donors (Lipinski definition) is 2. The number of nitrogens with zero attached hydrogens (tertiary/aromatic N) is 3. The van der Waals surface area contributed by atoms with Gasteiger partial charge in [-0.1, -0.05) is 13.8 Å². The van der Waals surface area contributed by atoms with Gasteiger partial charge in [0, 0.05) is 18.6 Å². The summed E-state index contributed by atoms with van der Waals surface area (Å²) >= 11 is 0. The first kappa shape index (κ1) is 12.2. The Morgan fingerprint density at radius 3 is 3.00 bits per heavy atom. The Bertz CT molecular complexity index is 659. The largest absolute Gasteiger partial charge is 0.381 e. The van der Waals surface area contributed by atoms with Crippen molar-refractivity contribution in [2.24, 2.45) is 5.41 Å². The maximum absolute atomic E-state index is 11.5. The first-order valence-corrected chi connectivity index (χ1v) is 6.26. The molecule has 2 unspecified atom stereocenters. The molecule has 2 aromatic heterocycles. The highest BCUT2D eigenvalue weighted by molar-refractivity contribution is 5.44. The van der Waals surface area contributed by atoms with Crippen molar-refractivity contribution in [2.45, 2.75) is 32.4 Å². The summed E-state index contributed by atoms with van der Waals surface area (Å²) in [4.78, 5) is 11.5. The molecule has 3 rings (SSSR count). The predicted molar refractivity (Wildman–Crippen MR) is 70.2 cm³/mol. The van der Waals surface area contributed by atoms with Crippen molar-refractivity contribution in [3.8, 4) is 0 Å². The van der Waals surface area contributed by atoms with Crippen molar-refractivity contribution in [2.75, 3.05) is 12.4 Å². The molecule has 0 saturated heterocycles. The zero-order valence-electron chi connectivity index (χ0n) is 11.2. The van der Waals surface area contributed by atoms with Crippen LogP contribution in [-0.4, -0.2) is 39.1 Å². The Hall–Kier alpha value is -1.89. The van der Waals surface area contributed by atoms with Gasteiger partial charge in [-0.3, -0.25) is 0 Å².